The molecule has 1 aromatic carbocycles. The zero-order chi connectivity index (χ0) is 13.5. The van der Waals surface area contributed by atoms with Crippen molar-refractivity contribution in [3.05, 3.63) is 36.5 Å². The highest BCUT2D eigenvalue weighted by atomic mass is 16.5. The van der Waals surface area contributed by atoms with E-state index in [2.05, 4.69) is 15.5 Å². The van der Waals surface area contributed by atoms with Crippen molar-refractivity contribution in [2.45, 2.75) is 0 Å². The van der Waals surface area contributed by atoms with Crippen LogP contribution >= 0.6 is 0 Å². The van der Waals surface area contributed by atoms with Gasteiger partial charge in [-0.2, -0.15) is 5.10 Å². The van der Waals surface area contributed by atoms with Gasteiger partial charge in [-0.05, 0) is 18.2 Å². The number of aromatic amines is 1. The number of anilines is 1. The molecule has 0 saturated heterocycles. The number of amides is 1. The average Bonchev–Trinajstić information content (AvgIpc) is 2.93. The highest BCUT2D eigenvalue weighted by Gasteiger charge is 2.04. The Hall–Kier alpha value is -2.18. The summed E-state index contributed by atoms with van der Waals surface area (Å²) < 4.78 is 5.07. The highest BCUT2D eigenvalue weighted by molar-refractivity contribution is 5.92. The third kappa shape index (κ3) is 3.90. The summed E-state index contributed by atoms with van der Waals surface area (Å²) in [5.74, 6) is -0.199. The average molecular weight is 260 g/mol. The number of H-pyrrole nitrogens is 1. The molecule has 1 aromatic heterocycles. The number of aromatic nitrogens is 2. The molecule has 0 aliphatic heterocycles. The van der Waals surface area contributed by atoms with E-state index in [4.69, 9.17) is 10.5 Å². The van der Waals surface area contributed by atoms with E-state index in [-0.39, 0.29) is 12.5 Å². The largest absolute Gasteiger partial charge is 0.370 e. The van der Waals surface area contributed by atoms with E-state index >= 15 is 0 Å². The zero-order valence-electron chi connectivity index (χ0n) is 10.4. The van der Waals surface area contributed by atoms with Gasteiger partial charge in [-0.3, -0.25) is 9.89 Å². The zero-order valence-corrected chi connectivity index (χ0v) is 10.4. The number of ether oxygens (including phenoxy) is 1. The molecular weight excluding hydrogens is 244 g/mol. The molecule has 0 bridgehead atoms. The second-order valence-corrected chi connectivity index (χ2v) is 3.94. The maximum atomic E-state index is 11.6. The number of carbonyl (C=O) groups excluding carboxylic acids is 1. The van der Waals surface area contributed by atoms with Crippen LogP contribution in [0.3, 0.4) is 0 Å². The number of carbonyl (C=O) groups is 1. The minimum atomic E-state index is -0.199. The predicted octanol–water partition coefficient (Wildman–Crippen LogP) is 0.990. The van der Waals surface area contributed by atoms with Gasteiger partial charge in [0.2, 0.25) is 5.91 Å². The topological polar surface area (TPSA) is 93.0 Å². The Morgan fingerprint density at radius 3 is 3.05 bits per heavy atom. The van der Waals surface area contributed by atoms with Crippen molar-refractivity contribution in [1.82, 2.24) is 10.2 Å². The van der Waals surface area contributed by atoms with E-state index in [1.807, 2.05) is 30.3 Å². The first-order valence-corrected chi connectivity index (χ1v) is 5.97. The monoisotopic (exact) mass is 260 g/mol. The van der Waals surface area contributed by atoms with Crippen molar-refractivity contribution in [2.24, 2.45) is 5.73 Å². The van der Waals surface area contributed by atoms with Gasteiger partial charge in [0.15, 0.2) is 0 Å². The number of nitrogens with one attached hydrogen (secondary N) is 2. The molecule has 0 fully saturated rings. The third-order valence-corrected chi connectivity index (χ3v) is 2.45. The molecule has 0 aliphatic rings. The van der Waals surface area contributed by atoms with Crippen LogP contribution in [0.2, 0.25) is 0 Å². The molecule has 4 N–H and O–H groups in total. The highest BCUT2D eigenvalue weighted by Crippen LogP contribution is 2.20. The smallest absolute Gasteiger partial charge is 0.250 e. The van der Waals surface area contributed by atoms with E-state index in [9.17, 15) is 4.79 Å². The standard InChI is InChI=1S/C13H16N4O2/c14-5-7-19-9-13(18)16-11-3-1-2-10(8-11)12-4-6-15-17-12/h1-4,6,8H,5,7,9,14H2,(H,15,17)(H,16,18). The number of benzene rings is 1. The Balaban J connectivity index is 1.97. The number of rotatable bonds is 6. The number of nitrogens with zero attached hydrogens (tertiary/aromatic N) is 1. The Morgan fingerprint density at radius 2 is 2.32 bits per heavy atom. The van der Waals surface area contributed by atoms with Gasteiger partial charge in [-0.25, -0.2) is 0 Å². The maximum Gasteiger partial charge on any atom is 0.250 e. The molecule has 19 heavy (non-hydrogen) atoms. The van der Waals surface area contributed by atoms with Gasteiger partial charge in [0, 0.05) is 24.0 Å². The van der Waals surface area contributed by atoms with Crippen LogP contribution in [0.5, 0.6) is 0 Å². The lowest BCUT2D eigenvalue weighted by Gasteiger charge is -2.07. The Labute approximate surface area is 111 Å². The predicted molar refractivity (Wildman–Crippen MR) is 72.5 cm³/mol. The van der Waals surface area contributed by atoms with Crippen LogP contribution in [-0.2, 0) is 9.53 Å². The molecule has 2 aromatic rings. The molecule has 1 heterocycles. The lowest BCUT2D eigenvalue weighted by Crippen LogP contribution is -2.20. The fourth-order valence-corrected chi connectivity index (χ4v) is 1.63. The minimum Gasteiger partial charge on any atom is -0.370 e. The van der Waals surface area contributed by atoms with Crippen LogP contribution in [0.1, 0.15) is 0 Å². The third-order valence-electron chi connectivity index (χ3n) is 2.45. The van der Waals surface area contributed by atoms with Gasteiger partial charge in [0.1, 0.15) is 6.61 Å². The second kappa shape index (κ2) is 6.67. The summed E-state index contributed by atoms with van der Waals surface area (Å²) in [7, 11) is 0. The molecule has 0 saturated carbocycles. The minimum absolute atomic E-state index is 0.00544. The summed E-state index contributed by atoms with van der Waals surface area (Å²) in [6.45, 7) is 0.787. The second-order valence-electron chi connectivity index (χ2n) is 3.94. The molecule has 0 unspecified atom stereocenters. The van der Waals surface area contributed by atoms with Crippen molar-refractivity contribution < 1.29 is 9.53 Å². The van der Waals surface area contributed by atoms with Gasteiger partial charge in [0.05, 0.1) is 12.3 Å². The quantitative estimate of drug-likeness (QED) is 0.675. The van der Waals surface area contributed by atoms with E-state index < -0.39 is 0 Å². The molecule has 0 spiro atoms. The lowest BCUT2D eigenvalue weighted by atomic mass is 10.1. The molecule has 0 radical (unpaired) electrons. The normalized spacial score (nSPS) is 10.4. The van der Waals surface area contributed by atoms with Crippen LogP contribution in [-0.4, -0.2) is 35.9 Å². The van der Waals surface area contributed by atoms with Gasteiger partial charge in [0.25, 0.3) is 0 Å². The van der Waals surface area contributed by atoms with Crippen LogP contribution in [0.4, 0.5) is 5.69 Å². The molecule has 1 amide bonds. The van der Waals surface area contributed by atoms with E-state index in [1.54, 1.807) is 6.20 Å². The number of hydrogen-bond acceptors (Lipinski definition) is 4. The van der Waals surface area contributed by atoms with Crippen molar-refractivity contribution in [2.75, 3.05) is 25.1 Å². The van der Waals surface area contributed by atoms with Crippen molar-refractivity contribution in [3.63, 3.8) is 0 Å². The van der Waals surface area contributed by atoms with Gasteiger partial charge in [-0.1, -0.05) is 12.1 Å². The Kier molecular flexibility index (Phi) is 4.66. The molecule has 0 aliphatic carbocycles. The fourth-order valence-electron chi connectivity index (χ4n) is 1.63. The summed E-state index contributed by atoms with van der Waals surface area (Å²) in [4.78, 5) is 11.6. The molecular formula is C13H16N4O2. The van der Waals surface area contributed by atoms with E-state index in [1.165, 1.54) is 0 Å². The first-order chi connectivity index (χ1) is 9.29. The van der Waals surface area contributed by atoms with Crippen molar-refractivity contribution in [3.8, 4) is 11.3 Å². The fraction of sp³-hybridized carbons (Fsp3) is 0.231. The molecule has 6 heteroatoms. The van der Waals surface area contributed by atoms with Gasteiger partial charge >= 0.3 is 0 Å². The first kappa shape index (κ1) is 13.3. The van der Waals surface area contributed by atoms with Crippen molar-refractivity contribution in [1.29, 1.82) is 0 Å². The SMILES string of the molecule is NCCOCC(=O)Nc1cccc(-c2ccn[nH]2)c1. The Bertz CT molecular complexity index is 525. The summed E-state index contributed by atoms with van der Waals surface area (Å²) in [5, 5.41) is 9.53. The lowest BCUT2D eigenvalue weighted by molar-refractivity contribution is -0.120. The molecule has 0 atom stereocenters. The van der Waals surface area contributed by atoms with Crippen LogP contribution in [0.25, 0.3) is 11.3 Å². The van der Waals surface area contributed by atoms with Crippen LogP contribution < -0.4 is 11.1 Å². The van der Waals surface area contributed by atoms with E-state index in [0.29, 0.717) is 18.8 Å². The van der Waals surface area contributed by atoms with Gasteiger partial charge in [-0.15, -0.1) is 0 Å². The summed E-state index contributed by atoms with van der Waals surface area (Å²) in [6, 6.07) is 9.36. The van der Waals surface area contributed by atoms with Crippen LogP contribution in [0.15, 0.2) is 36.5 Å². The van der Waals surface area contributed by atoms with Crippen molar-refractivity contribution >= 4 is 11.6 Å². The summed E-state index contributed by atoms with van der Waals surface area (Å²) in [5.41, 5.74) is 7.85. The molecule has 6 nitrogen and oxygen atoms in total. The van der Waals surface area contributed by atoms with E-state index in [0.717, 1.165) is 11.3 Å². The first-order valence-electron chi connectivity index (χ1n) is 5.97. The number of nitrogens with two attached hydrogens (primary N) is 1. The van der Waals surface area contributed by atoms with Crippen LogP contribution in [0, 0.1) is 0 Å². The summed E-state index contributed by atoms with van der Waals surface area (Å²) >= 11 is 0. The molecule has 100 valence electrons. The molecule has 2 rings (SSSR count). The Morgan fingerprint density at radius 1 is 1.42 bits per heavy atom. The van der Waals surface area contributed by atoms with Gasteiger partial charge < -0.3 is 15.8 Å². The maximum absolute atomic E-state index is 11.6. The summed E-state index contributed by atoms with van der Waals surface area (Å²) in [6.07, 6.45) is 1.68. The number of hydrogen-bond donors (Lipinski definition) is 3.